The molecular weight excluding hydrogens is 633 g/mol. The number of nitrogens with one attached hydrogen (secondary N) is 2. The van der Waals surface area contributed by atoms with Crippen LogP contribution >= 0.6 is 0 Å². The van der Waals surface area contributed by atoms with Crippen LogP contribution in [0.5, 0.6) is 0 Å². The number of esters is 1. The van der Waals surface area contributed by atoms with Gasteiger partial charge in [0.15, 0.2) is 0 Å². The van der Waals surface area contributed by atoms with E-state index in [2.05, 4.69) is 68.7 Å². The van der Waals surface area contributed by atoms with Crippen LogP contribution in [-0.4, -0.2) is 47.1 Å². The topological polar surface area (TPSA) is 93.7 Å². The molecule has 0 unspecified atom stereocenters. The van der Waals surface area contributed by atoms with Gasteiger partial charge in [-0.1, -0.05) is 105 Å². The van der Waals surface area contributed by atoms with Gasteiger partial charge in [0.05, 0.1) is 29.4 Å². The van der Waals surface area contributed by atoms with Gasteiger partial charge in [-0.3, -0.25) is 9.59 Å². The lowest BCUT2D eigenvalue weighted by Crippen LogP contribution is -2.41. The van der Waals surface area contributed by atoms with E-state index in [4.69, 9.17) is 9.47 Å². The number of carbonyl (C=O) groups is 3. The number of anilines is 2. The minimum Gasteiger partial charge on any atom is -0.494 e. The molecular formula is C39H50N2O5Si2. The normalized spacial score (nSPS) is 11.2. The summed E-state index contributed by atoms with van der Waals surface area (Å²) in [6.45, 7) is 21.2. The van der Waals surface area contributed by atoms with Gasteiger partial charge >= 0.3 is 5.97 Å². The molecule has 0 spiro atoms. The average Bonchev–Trinajstić information content (AvgIpc) is 3.08. The summed E-state index contributed by atoms with van der Waals surface area (Å²) in [6, 6.07) is 25.1. The summed E-state index contributed by atoms with van der Waals surface area (Å²) in [5.74, 6) is -0.151. The minimum atomic E-state index is -1.70. The molecule has 0 bridgehead atoms. The van der Waals surface area contributed by atoms with Crippen LogP contribution in [0.15, 0.2) is 110 Å². The second-order valence-corrected chi connectivity index (χ2v) is 22.9. The highest BCUT2D eigenvalue weighted by molar-refractivity contribution is 6.90. The zero-order valence-corrected chi connectivity index (χ0v) is 30.9. The van der Waals surface area contributed by atoms with Gasteiger partial charge < -0.3 is 20.1 Å². The lowest BCUT2D eigenvalue weighted by Gasteiger charge is -2.23. The molecule has 48 heavy (non-hydrogen) atoms. The Morgan fingerprint density at radius 3 is 1.38 bits per heavy atom. The third kappa shape index (κ3) is 12.0. The molecule has 254 valence electrons. The summed E-state index contributed by atoms with van der Waals surface area (Å²) >= 11 is 0. The fourth-order valence-corrected chi connectivity index (χ4v) is 10.3. The monoisotopic (exact) mass is 682 g/mol. The standard InChI is InChI=1S/C39H50N2O5Si2/c1-8-30(3)45-26-10-12-28-47(4,5)35-22-14-31(15-23-35)38(43)40-33-18-20-34(21-19-33)41-39(44)32-16-24-36(25-17-32)48(6,7)29-13-11-27-46-37(42)9-2/h8-9,14-25H,1-3,10-13,26-29H2,4-7H3,(H,40,43)(H,41,44). The molecule has 9 heteroatoms. The number of benzene rings is 3. The Balaban J connectivity index is 1.47. The molecule has 0 aliphatic carbocycles. The fraction of sp³-hybridized carbons (Fsp3) is 0.308. The lowest BCUT2D eigenvalue weighted by atomic mass is 10.2. The molecule has 7 nitrogen and oxygen atoms in total. The first-order valence-corrected chi connectivity index (χ1v) is 22.9. The Morgan fingerprint density at radius 1 is 0.604 bits per heavy atom. The fourth-order valence-electron chi connectivity index (χ4n) is 5.31. The summed E-state index contributed by atoms with van der Waals surface area (Å²) in [7, 11) is -3.34. The zero-order valence-electron chi connectivity index (χ0n) is 28.9. The predicted molar refractivity (Wildman–Crippen MR) is 204 cm³/mol. The number of hydrogen-bond donors (Lipinski definition) is 2. The lowest BCUT2D eigenvalue weighted by molar-refractivity contribution is -0.137. The first-order chi connectivity index (χ1) is 22.8. The molecule has 3 aromatic carbocycles. The molecule has 0 atom stereocenters. The van der Waals surface area contributed by atoms with Gasteiger partial charge in [0.25, 0.3) is 11.8 Å². The third-order valence-corrected chi connectivity index (χ3v) is 15.6. The van der Waals surface area contributed by atoms with E-state index in [0.717, 1.165) is 37.8 Å². The molecule has 0 aromatic heterocycles. The van der Waals surface area contributed by atoms with Gasteiger partial charge in [-0.25, -0.2) is 4.79 Å². The molecule has 0 heterocycles. The second kappa shape index (κ2) is 18.2. The average molecular weight is 683 g/mol. The van der Waals surface area contributed by atoms with Gasteiger partial charge in [-0.15, -0.1) is 0 Å². The van der Waals surface area contributed by atoms with Crippen molar-refractivity contribution in [1.29, 1.82) is 0 Å². The number of allylic oxidation sites excluding steroid dienone is 1. The molecule has 0 saturated carbocycles. The van der Waals surface area contributed by atoms with Crippen molar-refractivity contribution in [2.75, 3.05) is 23.8 Å². The second-order valence-electron chi connectivity index (χ2n) is 13.2. The molecule has 3 rings (SSSR count). The summed E-state index contributed by atoms with van der Waals surface area (Å²) in [5, 5.41) is 8.48. The van der Waals surface area contributed by atoms with Gasteiger partial charge in [0.2, 0.25) is 0 Å². The molecule has 0 radical (unpaired) electrons. The molecule has 2 amide bonds. The maximum Gasteiger partial charge on any atom is 0.330 e. The Bertz CT molecular complexity index is 1440. The quantitative estimate of drug-likeness (QED) is 0.0334. The van der Waals surface area contributed by atoms with Crippen LogP contribution in [0.3, 0.4) is 0 Å². The highest BCUT2D eigenvalue weighted by Gasteiger charge is 2.24. The van der Waals surface area contributed by atoms with Crippen molar-refractivity contribution in [3.8, 4) is 0 Å². The van der Waals surface area contributed by atoms with E-state index in [9.17, 15) is 14.4 Å². The minimum absolute atomic E-state index is 0.180. The molecule has 0 aliphatic rings. The van der Waals surface area contributed by atoms with Crippen molar-refractivity contribution in [2.45, 2.75) is 64.0 Å². The Kier molecular flexibility index (Phi) is 14.4. The largest absolute Gasteiger partial charge is 0.494 e. The van der Waals surface area contributed by atoms with E-state index < -0.39 is 16.1 Å². The number of unbranched alkanes of at least 4 members (excludes halogenated alkanes) is 2. The van der Waals surface area contributed by atoms with E-state index in [1.165, 1.54) is 16.4 Å². The van der Waals surface area contributed by atoms with Crippen LogP contribution in [0.2, 0.25) is 38.3 Å². The van der Waals surface area contributed by atoms with Crippen molar-refractivity contribution in [3.63, 3.8) is 0 Å². The number of carbonyl (C=O) groups excluding carboxylic acids is 3. The van der Waals surface area contributed by atoms with E-state index in [1.54, 1.807) is 30.3 Å². The van der Waals surface area contributed by atoms with E-state index >= 15 is 0 Å². The van der Waals surface area contributed by atoms with Crippen LogP contribution in [0.25, 0.3) is 0 Å². The van der Waals surface area contributed by atoms with Crippen molar-refractivity contribution >= 4 is 55.7 Å². The number of amides is 2. The van der Waals surface area contributed by atoms with Crippen LogP contribution in [0, 0.1) is 0 Å². The maximum absolute atomic E-state index is 13.0. The highest BCUT2D eigenvalue weighted by atomic mass is 28.3. The number of rotatable bonds is 19. The molecule has 0 aliphatic heterocycles. The predicted octanol–water partition coefficient (Wildman–Crippen LogP) is 8.03. The first kappa shape index (κ1) is 38.0. The summed E-state index contributed by atoms with van der Waals surface area (Å²) in [5.41, 5.74) is 2.47. The van der Waals surface area contributed by atoms with Crippen molar-refractivity contribution in [1.82, 2.24) is 0 Å². The van der Waals surface area contributed by atoms with Crippen molar-refractivity contribution < 1.29 is 23.9 Å². The zero-order chi connectivity index (χ0) is 35.2. The number of ether oxygens (including phenoxy) is 2. The summed E-state index contributed by atoms with van der Waals surface area (Å²) in [4.78, 5) is 37.1. The summed E-state index contributed by atoms with van der Waals surface area (Å²) < 4.78 is 10.6. The maximum atomic E-state index is 13.0. The number of hydrogen-bond acceptors (Lipinski definition) is 5. The smallest absolute Gasteiger partial charge is 0.330 e. The summed E-state index contributed by atoms with van der Waals surface area (Å²) in [6.07, 6.45) is 6.64. The molecule has 0 saturated heterocycles. The third-order valence-electron chi connectivity index (χ3n) is 8.58. The van der Waals surface area contributed by atoms with Gasteiger partial charge in [-0.05, 0) is 67.4 Å². The Labute approximate surface area is 288 Å². The van der Waals surface area contributed by atoms with E-state index in [1.807, 2.05) is 36.4 Å². The first-order valence-electron chi connectivity index (χ1n) is 16.5. The molecule has 3 aromatic rings. The van der Waals surface area contributed by atoms with Crippen molar-refractivity contribution in [2.24, 2.45) is 0 Å². The van der Waals surface area contributed by atoms with Gasteiger partial charge in [0.1, 0.15) is 5.76 Å². The van der Waals surface area contributed by atoms with Crippen LogP contribution in [0.4, 0.5) is 11.4 Å². The Hall–Kier alpha value is -4.48. The van der Waals surface area contributed by atoms with Gasteiger partial charge in [-0.2, -0.15) is 0 Å². The van der Waals surface area contributed by atoms with Crippen LogP contribution in [0.1, 0.15) is 46.4 Å². The highest BCUT2D eigenvalue weighted by Crippen LogP contribution is 2.19. The molecule has 2 N–H and O–H groups in total. The van der Waals surface area contributed by atoms with Gasteiger partial charge in [0, 0.05) is 28.6 Å². The SMILES string of the molecule is C=CC(=C)OCCCC[Si](C)(C)c1ccc(C(=O)Nc2ccc(NC(=O)c3ccc([Si](C)(C)CCCCOC(=O)C=C)cc3)cc2)cc1. The Morgan fingerprint density at radius 2 is 1.00 bits per heavy atom. The van der Waals surface area contributed by atoms with Crippen LogP contribution < -0.4 is 21.0 Å². The van der Waals surface area contributed by atoms with Crippen LogP contribution in [-0.2, 0) is 14.3 Å². The van der Waals surface area contributed by atoms with E-state index in [0.29, 0.717) is 41.5 Å². The van der Waals surface area contributed by atoms with E-state index in [-0.39, 0.29) is 17.8 Å². The van der Waals surface area contributed by atoms with Crippen molar-refractivity contribution in [3.05, 3.63) is 122 Å². The molecule has 0 fully saturated rings.